The van der Waals surface area contributed by atoms with Gasteiger partial charge in [-0.15, -0.1) is 0 Å². The van der Waals surface area contributed by atoms with Gasteiger partial charge in [-0.05, 0) is 25.3 Å². The van der Waals surface area contributed by atoms with Crippen LogP contribution in [0.25, 0.3) is 0 Å². The van der Waals surface area contributed by atoms with Crippen molar-refractivity contribution in [3.8, 4) is 0 Å². The lowest BCUT2D eigenvalue weighted by atomic mass is 10.0. The summed E-state index contributed by atoms with van der Waals surface area (Å²) in [6, 6.07) is 8.44. The zero-order valence-corrected chi connectivity index (χ0v) is 11.2. The van der Waals surface area contributed by atoms with Crippen LogP contribution in [0.4, 0.5) is 0 Å². The van der Waals surface area contributed by atoms with Gasteiger partial charge in [0, 0.05) is 18.9 Å². The van der Waals surface area contributed by atoms with Crippen LogP contribution in [0.15, 0.2) is 24.3 Å². The first-order chi connectivity index (χ1) is 9.26. The van der Waals surface area contributed by atoms with E-state index in [4.69, 9.17) is 0 Å². The Kier molecular flexibility index (Phi) is 3.34. The van der Waals surface area contributed by atoms with E-state index in [9.17, 15) is 5.11 Å². The van der Waals surface area contributed by atoms with Gasteiger partial charge in [0.25, 0.3) is 0 Å². The van der Waals surface area contributed by atoms with Crippen LogP contribution in [0, 0.1) is 6.92 Å². The first-order valence-electron chi connectivity index (χ1n) is 6.86. The predicted octanol–water partition coefficient (Wildman–Crippen LogP) is 2.05. The van der Waals surface area contributed by atoms with Gasteiger partial charge in [-0.1, -0.05) is 29.8 Å². The Labute approximate surface area is 113 Å². The Balaban J connectivity index is 1.85. The summed E-state index contributed by atoms with van der Waals surface area (Å²) < 4.78 is 1.97. The van der Waals surface area contributed by atoms with E-state index in [-0.39, 0.29) is 12.5 Å². The summed E-state index contributed by atoms with van der Waals surface area (Å²) in [4.78, 5) is 4.62. The SMILES string of the molecule is Cc1cccc(Cc2nc3n(n2)CCCC3CO)c1. The maximum atomic E-state index is 9.39. The van der Waals surface area contributed by atoms with Crippen molar-refractivity contribution in [3.05, 3.63) is 47.0 Å². The van der Waals surface area contributed by atoms with Crippen molar-refractivity contribution in [1.82, 2.24) is 14.8 Å². The highest BCUT2D eigenvalue weighted by Gasteiger charge is 2.23. The number of fused-ring (bicyclic) bond motifs is 1. The number of aromatic nitrogens is 3. The molecule has 0 bridgehead atoms. The van der Waals surface area contributed by atoms with E-state index < -0.39 is 0 Å². The molecule has 0 saturated heterocycles. The Morgan fingerprint density at radius 1 is 1.42 bits per heavy atom. The normalized spacial score (nSPS) is 18.3. The van der Waals surface area contributed by atoms with Gasteiger partial charge in [-0.3, -0.25) is 0 Å². The topological polar surface area (TPSA) is 50.9 Å². The van der Waals surface area contributed by atoms with Gasteiger partial charge < -0.3 is 5.11 Å². The quantitative estimate of drug-likeness (QED) is 0.915. The van der Waals surface area contributed by atoms with Gasteiger partial charge in [-0.25, -0.2) is 9.67 Å². The van der Waals surface area contributed by atoms with E-state index in [1.54, 1.807) is 0 Å². The lowest BCUT2D eigenvalue weighted by Crippen LogP contribution is -2.19. The molecular weight excluding hydrogens is 238 g/mol. The number of rotatable bonds is 3. The average molecular weight is 257 g/mol. The van der Waals surface area contributed by atoms with Gasteiger partial charge in [0.05, 0.1) is 6.61 Å². The molecule has 1 aromatic carbocycles. The summed E-state index contributed by atoms with van der Waals surface area (Å²) >= 11 is 0. The fraction of sp³-hybridized carbons (Fsp3) is 0.467. The van der Waals surface area contributed by atoms with Crippen LogP contribution in [0.5, 0.6) is 0 Å². The number of hydrogen-bond acceptors (Lipinski definition) is 3. The van der Waals surface area contributed by atoms with Gasteiger partial charge in [0.1, 0.15) is 5.82 Å². The molecule has 0 amide bonds. The van der Waals surface area contributed by atoms with Crippen LogP contribution in [0.1, 0.15) is 41.5 Å². The van der Waals surface area contributed by atoms with Crippen molar-refractivity contribution in [2.75, 3.05) is 6.61 Å². The van der Waals surface area contributed by atoms with Gasteiger partial charge in [0.2, 0.25) is 0 Å². The first-order valence-corrected chi connectivity index (χ1v) is 6.86. The molecule has 4 nitrogen and oxygen atoms in total. The average Bonchev–Trinajstić information content (AvgIpc) is 2.80. The van der Waals surface area contributed by atoms with E-state index in [1.165, 1.54) is 11.1 Å². The molecule has 1 aliphatic rings. The summed E-state index contributed by atoms with van der Waals surface area (Å²) in [5.41, 5.74) is 2.50. The number of nitrogens with zero attached hydrogens (tertiary/aromatic N) is 3. The smallest absolute Gasteiger partial charge is 0.155 e. The standard InChI is InChI=1S/C15H19N3O/c1-11-4-2-5-12(8-11)9-14-16-15-13(10-19)6-3-7-18(15)17-14/h2,4-5,8,13,19H,3,6-7,9-10H2,1H3. The van der Waals surface area contributed by atoms with Crippen molar-refractivity contribution in [2.45, 2.75) is 38.6 Å². The number of aryl methyl sites for hydroxylation is 2. The zero-order chi connectivity index (χ0) is 13.2. The van der Waals surface area contributed by atoms with E-state index in [0.717, 1.165) is 37.5 Å². The highest BCUT2D eigenvalue weighted by Crippen LogP contribution is 2.25. The number of benzene rings is 1. The third-order valence-corrected chi connectivity index (χ3v) is 3.70. The maximum Gasteiger partial charge on any atom is 0.155 e. The zero-order valence-electron chi connectivity index (χ0n) is 11.2. The van der Waals surface area contributed by atoms with Gasteiger partial charge in [-0.2, -0.15) is 5.10 Å². The second-order valence-corrected chi connectivity index (χ2v) is 5.30. The molecule has 3 rings (SSSR count). The summed E-state index contributed by atoms with van der Waals surface area (Å²) in [6.07, 6.45) is 2.85. The number of hydrogen-bond donors (Lipinski definition) is 1. The summed E-state index contributed by atoms with van der Waals surface area (Å²) in [5.74, 6) is 1.98. The largest absolute Gasteiger partial charge is 0.396 e. The van der Waals surface area contributed by atoms with Crippen LogP contribution in [-0.4, -0.2) is 26.5 Å². The second kappa shape index (κ2) is 5.13. The molecule has 0 fully saturated rings. The molecule has 19 heavy (non-hydrogen) atoms. The molecule has 1 aliphatic heterocycles. The second-order valence-electron chi connectivity index (χ2n) is 5.30. The minimum Gasteiger partial charge on any atom is -0.396 e. The van der Waals surface area contributed by atoms with E-state index in [2.05, 4.69) is 41.3 Å². The molecular formula is C15H19N3O. The first kappa shape index (κ1) is 12.4. The molecule has 1 atom stereocenters. The molecule has 1 aromatic heterocycles. The van der Waals surface area contributed by atoms with E-state index in [0.29, 0.717) is 0 Å². The van der Waals surface area contributed by atoms with Crippen LogP contribution < -0.4 is 0 Å². The Bertz CT molecular complexity index is 577. The van der Waals surface area contributed by atoms with Gasteiger partial charge in [0.15, 0.2) is 5.82 Å². The van der Waals surface area contributed by atoms with Crippen LogP contribution in [-0.2, 0) is 13.0 Å². The van der Waals surface area contributed by atoms with E-state index >= 15 is 0 Å². The minimum atomic E-state index is 0.160. The van der Waals surface area contributed by atoms with Crippen molar-refractivity contribution in [1.29, 1.82) is 0 Å². The minimum absolute atomic E-state index is 0.160. The maximum absolute atomic E-state index is 9.39. The molecule has 0 radical (unpaired) electrons. The third-order valence-electron chi connectivity index (χ3n) is 3.70. The van der Waals surface area contributed by atoms with E-state index in [1.807, 2.05) is 4.68 Å². The predicted molar refractivity (Wildman–Crippen MR) is 73.1 cm³/mol. The Morgan fingerprint density at radius 3 is 3.11 bits per heavy atom. The molecule has 100 valence electrons. The van der Waals surface area contributed by atoms with Crippen molar-refractivity contribution < 1.29 is 5.11 Å². The number of aliphatic hydroxyl groups excluding tert-OH is 1. The molecule has 0 saturated carbocycles. The lowest BCUT2D eigenvalue weighted by Gasteiger charge is -2.19. The summed E-state index contributed by atoms with van der Waals surface area (Å²) in [6.45, 7) is 3.19. The fourth-order valence-electron chi connectivity index (χ4n) is 2.74. The lowest BCUT2D eigenvalue weighted by molar-refractivity contribution is 0.234. The van der Waals surface area contributed by atoms with Gasteiger partial charge >= 0.3 is 0 Å². The Morgan fingerprint density at radius 2 is 2.32 bits per heavy atom. The highest BCUT2D eigenvalue weighted by molar-refractivity contribution is 5.25. The van der Waals surface area contributed by atoms with Crippen LogP contribution >= 0.6 is 0 Å². The summed E-state index contributed by atoms with van der Waals surface area (Å²) in [7, 11) is 0. The molecule has 0 aliphatic carbocycles. The third kappa shape index (κ3) is 2.54. The van der Waals surface area contributed by atoms with Crippen molar-refractivity contribution >= 4 is 0 Å². The molecule has 1 unspecified atom stereocenters. The van der Waals surface area contributed by atoms with Crippen LogP contribution in [0.3, 0.4) is 0 Å². The number of aliphatic hydroxyl groups is 1. The molecule has 2 aromatic rings. The summed E-state index contributed by atoms with van der Waals surface area (Å²) in [5, 5.41) is 14.0. The van der Waals surface area contributed by atoms with Crippen molar-refractivity contribution in [3.63, 3.8) is 0 Å². The monoisotopic (exact) mass is 257 g/mol. The van der Waals surface area contributed by atoms with Crippen molar-refractivity contribution in [2.24, 2.45) is 0 Å². The molecule has 4 heteroatoms. The molecule has 1 N–H and O–H groups in total. The molecule has 0 spiro atoms. The fourth-order valence-corrected chi connectivity index (χ4v) is 2.74. The van der Waals surface area contributed by atoms with Crippen LogP contribution in [0.2, 0.25) is 0 Å². The Hall–Kier alpha value is -1.68. The molecule has 2 heterocycles. The highest BCUT2D eigenvalue weighted by atomic mass is 16.3.